The van der Waals surface area contributed by atoms with Crippen LogP contribution >= 0.6 is 0 Å². The van der Waals surface area contributed by atoms with E-state index in [1.54, 1.807) is 0 Å². The smallest absolute Gasteiger partial charge is 0.228 e. The molecule has 1 aliphatic rings. The van der Waals surface area contributed by atoms with Crippen LogP contribution in [0.2, 0.25) is 0 Å². The minimum atomic E-state index is 0.749. The van der Waals surface area contributed by atoms with Crippen LogP contribution in [0.25, 0.3) is 10.9 Å². The summed E-state index contributed by atoms with van der Waals surface area (Å²) in [6, 6.07) is 8.33. The Morgan fingerprint density at radius 1 is 1.04 bits per heavy atom. The summed E-state index contributed by atoms with van der Waals surface area (Å²) in [6.07, 6.45) is 2.23. The number of hydrogen-bond donors (Lipinski definition) is 0. The van der Waals surface area contributed by atoms with Crippen molar-refractivity contribution >= 4 is 22.7 Å². The molecule has 124 valence electrons. The number of nitrogens with zero attached hydrogens (tertiary/aromatic N) is 4. The Morgan fingerprint density at radius 3 is 2.43 bits per heavy atom. The number of morpholine rings is 1. The van der Waals surface area contributed by atoms with E-state index in [2.05, 4.69) is 41.8 Å². The summed E-state index contributed by atoms with van der Waals surface area (Å²) >= 11 is 0. The fraction of sp³-hybridized carbons (Fsp3) is 0.556. The third-order valence-corrected chi connectivity index (χ3v) is 4.15. The number of fused-ring (bicyclic) bond motifs is 1. The zero-order chi connectivity index (χ0) is 16.1. The summed E-state index contributed by atoms with van der Waals surface area (Å²) < 4.78 is 5.46. The molecule has 1 aromatic heterocycles. The Balaban J connectivity index is 2.05. The maximum atomic E-state index is 5.46. The minimum Gasteiger partial charge on any atom is -0.378 e. The summed E-state index contributed by atoms with van der Waals surface area (Å²) in [4.78, 5) is 14.4. The second kappa shape index (κ2) is 7.59. The lowest BCUT2D eigenvalue weighted by Gasteiger charge is -2.29. The van der Waals surface area contributed by atoms with Crippen molar-refractivity contribution in [3.8, 4) is 0 Å². The van der Waals surface area contributed by atoms with Crippen LogP contribution in [0.4, 0.5) is 11.8 Å². The highest BCUT2D eigenvalue weighted by Gasteiger charge is 2.18. The first-order valence-electron chi connectivity index (χ1n) is 8.68. The Kier molecular flexibility index (Phi) is 5.28. The molecule has 5 nitrogen and oxygen atoms in total. The third kappa shape index (κ3) is 3.55. The zero-order valence-corrected chi connectivity index (χ0v) is 14.2. The largest absolute Gasteiger partial charge is 0.378 e. The predicted molar refractivity (Wildman–Crippen MR) is 95.4 cm³/mol. The number of rotatable bonds is 6. The molecule has 0 N–H and O–H groups in total. The van der Waals surface area contributed by atoms with Crippen molar-refractivity contribution in [3.63, 3.8) is 0 Å². The molecule has 0 aliphatic carbocycles. The Hall–Kier alpha value is -1.88. The highest BCUT2D eigenvalue weighted by atomic mass is 16.5. The fourth-order valence-electron chi connectivity index (χ4n) is 3.06. The molecule has 1 fully saturated rings. The first-order valence-corrected chi connectivity index (χ1v) is 8.68. The number of benzene rings is 1. The van der Waals surface area contributed by atoms with Crippen molar-refractivity contribution in [2.45, 2.75) is 26.7 Å². The van der Waals surface area contributed by atoms with Gasteiger partial charge in [-0.05, 0) is 25.0 Å². The van der Waals surface area contributed by atoms with E-state index in [-0.39, 0.29) is 0 Å². The molecule has 0 spiro atoms. The van der Waals surface area contributed by atoms with Gasteiger partial charge in [0.25, 0.3) is 0 Å². The van der Waals surface area contributed by atoms with Crippen molar-refractivity contribution in [1.29, 1.82) is 0 Å². The monoisotopic (exact) mass is 314 g/mol. The number of ether oxygens (including phenoxy) is 1. The molecule has 1 saturated heterocycles. The lowest BCUT2D eigenvalue weighted by molar-refractivity contribution is 0.122. The molecule has 23 heavy (non-hydrogen) atoms. The molecule has 1 aliphatic heterocycles. The summed E-state index contributed by atoms with van der Waals surface area (Å²) in [5.74, 6) is 1.90. The molecule has 3 rings (SSSR count). The third-order valence-electron chi connectivity index (χ3n) is 4.15. The second-order valence-electron chi connectivity index (χ2n) is 5.95. The average molecular weight is 314 g/mol. The zero-order valence-electron chi connectivity index (χ0n) is 14.2. The molecule has 1 aromatic carbocycles. The molecular formula is C18H26N4O. The van der Waals surface area contributed by atoms with Crippen molar-refractivity contribution in [3.05, 3.63) is 24.3 Å². The first-order chi connectivity index (χ1) is 11.3. The van der Waals surface area contributed by atoms with Crippen LogP contribution in [0.1, 0.15) is 26.7 Å². The quantitative estimate of drug-likeness (QED) is 0.819. The van der Waals surface area contributed by atoms with Crippen LogP contribution in [-0.4, -0.2) is 49.4 Å². The van der Waals surface area contributed by atoms with Crippen LogP contribution in [-0.2, 0) is 4.74 Å². The van der Waals surface area contributed by atoms with Gasteiger partial charge in [-0.2, -0.15) is 4.98 Å². The number of para-hydroxylation sites is 1. The van der Waals surface area contributed by atoms with Crippen molar-refractivity contribution in [2.75, 3.05) is 49.2 Å². The lowest BCUT2D eigenvalue weighted by Crippen LogP contribution is -2.38. The highest BCUT2D eigenvalue weighted by Crippen LogP contribution is 2.27. The van der Waals surface area contributed by atoms with Gasteiger partial charge in [0.2, 0.25) is 5.95 Å². The number of anilines is 2. The van der Waals surface area contributed by atoms with Crippen molar-refractivity contribution in [2.24, 2.45) is 0 Å². The van der Waals surface area contributed by atoms with E-state index in [0.29, 0.717) is 0 Å². The van der Waals surface area contributed by atoms with Gasteiger partial charge in [-0.3, -0.25) is 0 Å². The summed E-state index contributed by atoms with van der Waals surface area (Å²) in [5, 5.41) is 1.14. The van der Waals surface area contributed by atoms with Gasteiger partial charge in [0.05, 0.1) is 18.7 Å². The van der Waals surface area contributed by atoms with E-state index in [1.807, 2.05) is 6.07 Å². The standard InChI is InChI=1S/C18H26N4O/c1-3-9-21(10-4-2)17-15-7-5-6-8-16(15)19-18(20-17)22-11-13-23-14-12-22/h5-8H,3-4,9-14H2,1-2H3. The topological polar surface area (TPSA) is 41.5 Å². The van der Waals surface area contributed by atoms with Gasteiger partial charge in [0.1, 0.15) is 5.82 Å². The molecule has 0 amide bonds. The molecule has 5 heteroatoms. The van der Waals surface area contributed by atoms with E-state index in [1.165, 1.54) is 0 Å². The van der Waals surface area contributed by atoms with Gasteiger partial charge >= 0.3 is 0 Å². The molecule has 2 aromatic rings. The van der Waals surface area contributed by atoms with Gasteiger partial charge in [-0.1, -0.05) is 26.0 Å². The van der Waals surface area contributed by atoms with E-state index in [9.17, 15) is 0 Å². The van der Waals surface area contributed by atoms with Crippen LogP contribution in [0.3, 0.4) is 0 Å². The average Bonchev–Trinajstić information content (AvgIpc) is 2.61. The molecule has 0 atom stereocenters. The van der Waals surface area contributed by atoms with Gasteiger partial charge < -0.3 is 14.5 Å². The second-order valence-corrected chi connectivity index (χ2v) is 5.95. The minimum absolute atomic E-state index is 0.749. The van der Waals surface area contributed by atoms with Crippen molar-refractivity contribution < 1.29 is 4.74 Å². The maximum Gasteiger partial charge on any atom is 0.228 e. The fourth-order valence-corrected chi connectivity index (χ4v) is 3.06. The van der Waals surface area contributed by atoms with Gasteiger partial charge in [-0.25, -0.2) is 4.98 Å². The molecule has 0 saturated carbocycles. The molecule has 2 heterocycles. The maximum absolute atomic E-state index is 5.46. The first kappa shape index (κ1) is 16.0. The summed E-state index contributed by atoms with van der Waals surface area (Å²) in [5.41, 5.74) is 1.02. The summed E-state index contributed by atoms with van der Waals surface area (Å²) in [6.45, 7) is 9.70. The molecule has 0 unspecified atom stereocenters. The van der Waals surface area contributed by atoms with Gasteiger partial charge in [-0.15, -0.1) is 0 Å². The highest BCUT2D eigenvalue weighted by molar-refractivity contribution is 5.90. The van der Waals surface area contributed by atoms with E-state index < -0.39 is 0 Å². The summed E-state index contributed by atoms with van der Waals surface area (Å²) in [7, 11) is 0. The van der Waals surface area contributed by atoms with Crippen LogP contribution in [0.5, 0.6) is 0 Å². The van der Waals surface area contributed by atoms with E-state index in [4.69, 9.17) is 14.7 Å². The molecular weight excluding hydrogens is 288 g/mol. The van der Waals surface area contributed by atoms with Gasteiger partial charge in [0, 0.05) is 31.6 Å². The molecule has 0 bridgehead atoms. The Morgan fingerprint density at radius 2 is 1.74 bits per heavy atom. The van der Waals surface area contributed by atoms with E-state index in [0.717, 1.165) is 74.9 Å². The normalized spacial score (nSPS) is 15.1. The SMILES string of the molecule is CCCN(CCC)c1nc(N2CCOCC2)nc2ccccc12. The number of aromatic nitrogens is 2. The lowest BCUT2D eigenvalue weighted by atomic mass is 10.2. The number of hydrogen-bond acceptors (Lipinski definition) is 5. The Bertz CT molecular complexity index is 634. The Labute approximate surface area is 138 Å². The molecule has 0 radical (unpaired) electrons. The van der Waals surface area contributed by atoms with Crippen LogP contribution in [0, 0.1) is 0 Å². The van der Waals surface area contributed by atoms with Gasteiger partial charge in [0.15, 0.2) is 0 Å². The van der Waals surface area contributed by atoms with Crippen LogP contribution < -0.4 is 9.80 Å². The van der Waals surface area contributed by atoms with Crippen LogP contribution in [0.15, 0.2) is 24.3 Å². The van der Waals surface area contributed by atoms with Crippen molar-refractivity contribution in [1.82, 2.24) is 9.97 Å². The predicted octanol–water partition coefficient (Wildman–Crippen LogP) is 3.09. The van der Waals surface area contributed by atoms with E-state index >= 15 is 0 Å².